The van der Waals surface area contributed by atoms with Crippen molar-refractivity contribution in [2.75, 3.05) is 31.6 Å². The van der Waals surface area contributed by atoms with E-state index in [9.17, 15) is 19.6 Å². The van der Waals surface area contributed by atoms with Crippen LogP contribution in [0.15, 0.2) is 48.5 Å². The Balaban J connectivity index is 1.69. The van der Waals surface area contributed by atoms with Crippen LogP contribution in [0.4, 0.5) is 15.8 Å². The van der Waals surface area contributed by atoms with Crippen LogP contribution in [0.3, 0.4) is 0 Å². The lowest BCUT2D eigenvalue weighted by Gasteiger charge is -2.30. The quantitative estimate of drug-likeness (QED) is 0.634. The fourth-order valence-electron chi connectivity index (χ4n) is 3.57. The van der Waals surface area contributed by atoms with Crippen molar-refractivity contribution in [1.82, 2.24) is 4.90 Å². The first-order valence-electron chi connectivity index (χ1n) is 8.51. The van der Waals surface area contributed by atoms with Crippen molar-refractivity contribution in [1.29, 1.82) is 0 Å². The van der Waals surface area contributed by atoms with E-state index in [0.717, 1.165) is 19.2 Å². The number of para-hydroxylation sites is 1. The molecule has 1 saturated heterocycles. The number of anilines is 1. The molecule has 0 aliphatic carbocycles. The third-order valence-corrected chi connectivity index (χ3v) is 4.75. The highest BCUT2D eigenvalue weighted by molar-refractivity contribution is 5.63. The highest BCUT2D eigenvalue weighted by atomic mass is 19.1. The topological polar surface area (TPSA) is 69.8 Å². The number of likely N-dealkylation sites (N-methyl/N-ethyl adjacent to an activating group) is 1. The number of nitro groups is 1. The molecule has 3 rings (SSSR count). The standard InChI is InChI=1S/C19H22FN3O3/c1-21(17-9-5-8-16(20)18(17)23(25)26)13-19(24)10-11-22(14-19)12-15-6-3-2-4-7-15/h2-9,24H,10-14H2,1H3. The molecule has 1 fully saturated rings. The minimum atomic E-state index is -0.996. The zero-order valence-corrected chi connectivity index (χ0v) is 14.6. The number of nitrogens with zero attached hydrogens (tertiary/aromatic N) is 3. The van der Waals surface area contributed by atoms with Crippen molar-refractivity contribution in [3.8, 4) is 0 Å². The Labute approximate surface area is 151 Å². The minimum absolute atomic E-state index is 0.171. The highest BCUT2D eigenvalue weighted by Crippen LogP contribution is 2.32. The number of halogens is 1. The Morgan fingerprint density at radius 3 is 2.69 bits per heavy atom. The molecular weight excluding hydrogens is 337 g/mol. The molecule has 6 nitrogen and oxygen atoms in total. The first kappa shape index (κ1) is 18.3. The van der Waals surface area contributed by atoms with E-state index in [2.05, 4.69) is 4.90 Å². The van der Waals surface area contributed by atoms with Crippen molar-refractivity contribution in [3.05, 3.63) is 70.0 Å². The summed E-state index contributed by atoms with van der Waals surface area (Å²) in [4.78, 5) is 14.2. The first-order chi connectivity index (χ1) is 12.4. The molecule has 0 aromatic heterocycles. The van der Waals surface area contributed by atoms with E-state index in [-0.39, 0.29) is 12.2 Å². The molecule has 0 radical (unpaired) electrons. The van der Waals surface area contributed by atoms with Crippen LogP contribution < -0.4 is 4.90 Å². The summed E-state index contributed by atoms with van der Waals surface area (Å²) in [6.07, 6.45) is 0.563. The first-order valence-corrected chi connectivity index (χ1v) is 8.51. The number of aliphatic hydroxyl groups is 1. The van der Waals surface area contributed by atoms with E-state index in [4.69, 9.17) is 0 Å². The van der Waals surface area contributed by atoms with Gasteiger partial charge in [-0.05, 0) is 24.1 Å². The van der Waals surface area contributed by atoms with Crippen LogP contribution in [0.2, 0.25) is 0 Å². The number of hydrogen-bond donors (Lipinski definition) is 1. The minimum Gasteiger partial charge on any atom is -0.387 e. The van der Waals surface area contributed by atoms with E-state index in [0.29, 0.717) is 13.0 Å². The molecule has 1 heterocycles. The lowest BCUT2D eigenvalue weighted by atomic mass is 10.0. The number of hydrogen-bond acceptors (Lipinski definition) is 5. The second-order valence-corrected chi connectivity index (χ2v) is 6.89. The molecular formula is C19H22FN3O3. The summed E-state index contributed by atoms with van der Waals surface area (Å²) in [6, 6.07) is 14.0. The predicted octanol–water partition coefficient (Wildman–Crippen LogP) is 2.81. The van der Waals surface area contributed by atoms with E-state index in [1.807, 2.05) is 30.3 Å². The van der Waals surface area contributed by atoms with Crippen molar-refractivity contribution in [2.24, 2.45) is 0 Å². The summed E-state index contributed by atoms with van der Waals surface area (Å²) >= 11 is 0. The summed E-state index contributed by atoms with van der Waals surface area (Å²) in [5, 5.41) is 22.1. The molecule has 2 aromatic rings. The number of benzene rings is 2. The summed E-state index contributed by atoms with van der Waals surface area (Å²) < 4.78 is 13.8. The third-order valence-electron chi connectivity index (χ3n) is 4.75. The van der Waals surface area contributed by atoms with Crippen LogP contribution in [-0.2, 0) is 6.54 Å². The Bertz CT molecular complexity index is 787. The Kier molecular flexibility index (Phi) is 5.20. The molecule has 0 saturated carbocycles. The van der Waals surface area contributed by atoms with Gasteiger partial charge in [-0.1, -0.05) is 36.4 Å². The van der Waals surface area contributed by atoms with Gasteiger partial charge in [0.2, 0.25) is 5.82 Å². The highest BCUT2D eigenvalue weighted by Gasteiger charge is 2.38. The van der Waals surface area contributed by atoms with Gasteiger partial charge in [0.15, 0.2) is 0 Å². The van der Waals surface area contributed by atoms with Crippen LogP contribution >= 0.6 is 0 Å². The summed E-state index contributed by atoms with van der Waals surface area (Å²) in [5.41, 5.74) is -0.211. The normalized spacial score (nSPS) is 20.3. The zero-order valence-electron chi connectivity index (χ0n) is 14.6. The maximum atomic E-state index is 13.8. The molecule has 0 spiro atoms. The lowest BCUT2D eigenvalue weighted by molar-refractivity contribution is -0.386. The van der Waals surface area contributed by atoms with Crippen LogP contribution in [0.1, 0.15) is 12.0 Å². The molecule has 2 aromatic carbocycles. The molecule has 1 atom stereocenters. The second-order valence-electron chi connectivity index (χ2n) is 6.89. The van der Waals surface area contributed by atoms with Crippen molar-refractivity contribution < 1.29 is 14.4 Å². The van der Waals surface area contributed by atoms with Gasteiger partial charge in [0.25, 0.3) is 0 Å². The van der Waals surface area contributed by atoms with Gasteiger partial charge in [0.05, 0.1) is 10.5 Å². The Morgan fingerprint density at radius 2 is 2.00 bits per heavy atom. The fraction of sp³-hybridized carbons (Fsp3) is 0.368. The molecule has 1 N–H and O–H groups in total. The summed E-state index contributed by atoms with van der Waals surface area (Å²) in [7, 11) is 1.64. The largest absolute Gasteiger partial charge is 0.387 e. The van der Waals surface area contributed by atoms with Gasteiger partial charge >= 0.3 is 5.69 Å². The molecule has 1 aliphatic rings. The zero-order chi connectivity index (χ0) is 18.7. The van der Waals surface area contributed by atoms with Crippen LogP contribution in [0.25, 0.3) is 0 Å². The summed E-state index contributed by atoms with van der Waals surface area (Å²) in [5.74, 6) is -0.872. The van der Waals surface area contributed by atoms with Gasteiger partial charge in [-0.2, -0.15) is 4.39 Å². The number of rotatable bonds is 6. The van der Waals surface area contributed by atoms with E-state index in [1.54, 1.807) is 11.9 Å². The van der Waals surface area contributed by atoms with Crippen LogP contribution in [-0.4, -0.2) is 47.2 Å². The van der Waals surface area contributed by atoms with E-state index < -0.39 is 22.0 Å². The molecule has 0 amide bonds. The second kappa shape index (κ2) is 7.39. The average Bonchev–Trinajstić information content (AvgIpc) is 2.95. The fourth-order valence-corrected chi connectivity index (χ4v) is 3.57. The van der Waals surface area contributed by atoms with Crippen molar-refractivity contribution in [3.63, 3.8) is 0 Å². The molecule has 7 heteroatoms. The Hall–Kier alpha value is -2.51. The van der Waals surface area contributed by atoms with Gasteiger partial charge < -0.3 is 10.0 Å². The smallest absolute Gasteiger partial charge is 0.327 e. The molecule has 1 unspecified atom stereocenters. The maximum Gasteiger partial charge on any atom is 0.327 e. The third kappa shape index (κ3) is 4.00. The maximum absolute atomic E-state index is 13.8. The monoisotopic (exact) mass is 359 g/mol. The SMILES string of the molecule is CN(CC1(O)CCN(Cc2ccccc2)C1)c1cccc(F)c1[N+](=O)[O-]. The molecule has 26 heavy (non-hydrogen) atoms. The van der Waals surface area contributed by atoms with Gasteiger partial charge in [0, 0.05) is 33.2 Å². The lowest BCUT2D eigenvalue weighted by Crippen LogP contribution is -2.44. The predicted molar refractivity (Wildman–Crippen MR) is 97.6 cm³/mol. The van der Waals surface area contributed by atoms with E-state index in [1.165, 1.54) is 17.7 Å². The van der Waals surface area contributed by atoms with Crippen molar-refractivity contribution >= 4 is 11.4 Å². The van der Waals surface area contributed by atoms with Crippen LogP contribution in [0, 0.1) is 15.9 Å². The van der Waals surface area contributed by atoms with E-state index >= 15 is 0 Å². The van der Waals surface area contributed by atoms with Crippen LogP contribution in [0.5, 0.6) is 0 Å². The number of nitro benzene ring substituents is 1. The summed E-state index contributed by atoms with van der Waals surface area (Å²) in [6.45, 7) is 2.15. The van der Waals surface area contributed by atoms with Crippen molar-refractivity contribution in [2.45, 2.75) is 18.6 Å². The Morgan fingerprint density at radius 1 is 1.27 bits per heavy atom. The molecule has 0 bridgehead atoms. The molecule has 138 valence electrons. The molecule has 1 aliphatic heterocycles. The van der Waals surface area contributed by atoms with Gasteiger partial charge in [-0.3, -0.25) is 15.0 Å². The average molecular weight is 359 g/mol. The number of likely N-dealkylation sites (tertiary alicyclic amines) is 1. The van der Waals surface area contributed by atoms with Gasteiger partial charge in [-0.25, -0.2) is 0 Å². The van der Waals surface area contributed by atoms with Gasteiger partial charge in [0.1, 0.15) is 5.69 Å². The van der Waals surface area contributed by atoms with Gasteiger partial charge in [-0.15, -0.1) is 0 Å². The number of β-amino-alcohol motifs (C(OH)–C–C–N with tert-alkyl or cyclic N) is 1.